The SMILES string of the molecule is Cc1nc(N)nc(NC(C)c2cc3cccc(Cl)c3nc2N2CCN(C(=O)C3CC3)CC2)n1. The molecular weight excluding hydrogens is 440 g/mol. The average molecular weight is 467 g/mol. The molecule has 5 rings (SSSR count). The molecule has 2 aromatic heterocycles. The number of halogens is 1. The summed E-state index contributed by atoms with van der Waals surface area (Å²) < 4.78 is 0. The topological polar surface area (TPSA) is 113 Å². The highest BCUT2D eigenvalue weighted by molar-refractivity contribution is 6.35. The Morgan fingerprint density at radius 3 is 2.61 bits per heavy atom. The van der Waals surface area contributed by atoms with Crippen molar-refractivity contribution >= 4 is 46.1 Å². The number of pyridine rings is 1. The second-order valence-electron chi connectivity index (χ2n) is 8.73. The third kappa shape index (κ3) is 4.50. The fraction of sp³-hybridized carbons (Fsp3) is 0.435. The van der Waals surface area contributed by atoms with Gasteiger partial charge in [-0.15, -0.1) is 0 Å². The number of fused-ring (bicyclic) bond motifs is 1. The van der Waals surface area contributed by atoms with Gasteiger partial charge in [-0.25, -0.2) is 4.98 Å². The number of nitrogen functional groups attached to an aromatic ring is 1. The van der Waals surface area contributed by atoms with E-state index >= 15 is 0 Å². The van der Waals surface area contributed by atoms with Crippen LogP contribution in [0, 0.1) is 12.8 Å². The zero-order valence-electron chi connectivity index (χ0n) is 18.8. The van der Waals surface area contributed by atoms with Crippen molar-refractivity contribution in [1.82, 2.24) is 24.8 Å². The van der Waals surface area contributed by atoms with Gasteiger partial charge in [0.15, 0.2) is 0 Å². The van der Waals surface area contributed by atoms with Gasteiger partial charge < -0.3 is 20.9 Å². The summed E-state index contributed by atoms with van der Waals surface area (Å²) in [5.74, 6) is 2.54. The van der Waals surface area contributed by atoms with Gasteiger partial charge >= 0.3 is 0 Å². The molecule has 3 aromatic rings. The van der Waals surface area contributed by atoms with Crippen molar-refractivity contribution in [1.29, 1.82) is 0 Å². The van der Waals surface area contributed by atoms with Crippen LogP contribution in [0.3, 0.4) is 0 Å². The van der Waals surface area contributed by atoms with Crippen molar-refractivity contribution in [3.63, 3.8) is 0 Å². The summed E-state index contributed by atoms with van der Waals surface area (Å²) in [5, 5.41) is 4.92. The van der Waals surface area contributed by atoms with Crippen LogP contribution in [0.1, 0.15) is 37.2 Å². The van der Waals surface area contributed by atoms with Crippen molar-refractivity contribution in [2.24, 2.45) is 5.92 Å². The van der Waals surface area contributed by atoms with Crippen molar-refractivity contribution in [3.05, 3.63) is 40.7 Å². The molecule has 0 spiro atoms. The number of aryl methyl sites for hydroxylation is 1. The number of hydrogen-bond acceptors (Lipinski definition) is 8. The molecule has 1 saturated carbocycles. The maximum atomic E-state index is 12.5. The molecule has 2 fully saturated rings. The third-order valence-electron chi connectivity index (χ3n) is 6.20. The average Bonchev–Trinajstić information content (AvgIpc) is 3.63. The Hall–Kier alpha value is -3.20. The van der Waals surface area contributed by atoms with Crippen LogP contribution in [0.2, 0.25) is 5.02 Å². The quantitative estimate of drug-likeness (QED) is 0.589. The van der Waals surface area contributed by atoms with E-state index in [1.807, 2.05) is 30.0 Å². The van der Waals surface area contributed by atoms with E-state index in [1.165, 1.54) is 0 Å². The summed E-state index contributed by atoms with van der Waals surface area (Å²) in [4.78, 5) is 34.3. The van der Waals surface area contributed by atoms with E-state index in [4.69, 9.17) is 22.3 Å². The monoisotopic (exact) mass is 466 g/mol. The number of aromatic nitrogens is 4. The van der Waals surface area contributed by atoms with Gasteiger partial charge in [0.25, 0.3) is 0 Å². The summed E-state index contributed by atoms with van der Waals surface area (Å²) in [6.45, 7) is 6.66. The van der Waals surface area contributed by atoms with Crippen LogP contribution in [0.15, 0.2) is 24.3 Å². The largest absolute Gasteiger partial charge is 0.368 e. The second-order valence-corrected chi connectivity index (χ2v) is 9.14. The summed E-state index contributed by atoms with van der Waals surface area (Å²) in [7, 11) is 0. The zero-order valence-corrected chi connectivity index (χ0v) is 19.5. The van der Waals surface area contributed by atoms with Crippen molar-refractivity contribution in [2.45, 2.75) is 32.7 Å². The molecule has 1 unspecified atom stereocenters. The lowest BCUT2D eigenvalue weighted by molar-refractivity contribution is -0.132. The fourth-order valence-corrected chi connectivity index (χ4v) is 4.53. The molecule has 1 amide bonds. The number of rotatable bonds is 5. The van der Waals surface area contributed by atoms with Gasteiger partial charge in [0.05, 0.1) is 16.6 Å². The highest BCUT2D eigenvalue weighted by Gasteiger charge is 2.35. The maximum absolute atomic E-state index is 12.5. The predicted molar refractivity (Wildman–Crippen MR) is 129 cm³/mol. The van der Waals surface area contributed by atoms with E-state index < -0.39 is 0 Å². The Morgan fingerprint density at radius 2 is 1.91 bits per heavy atom. The van der Waals surface area contributed by atoms with Crippen LogP contribution in [-0.2, 0) is 4.79 Å². The molecule has 1 aliphatic heterocycles. The lowest BCUT2D eigenvalue weighted by Gasteiger charge is -2.37. The summed E-state index contributed by atoms with van der Waals surface area (Å²) in [6, 6.07) is 7.74. The molecule has 0 radical (unpaired) electrons. The minimum atomic E-state index is -0.150. The summed E-state index contributed by atoms with van der Waals surface area (Å²) in [5.41, 5.74) is 7.57. The molecule has 33 heavy (non-hydrogen) atoms. The first kappa shape index (κ1) is 21.6. The first-order valence-electron chi connectivity index (χ1n) is 11.3. The molecule has 1 aromatic carbocycles. The molecule has 172 valence electrons. The molecule has 1 atom stereocenters. The molecule has 3 N–H and O–H groups in total. The highest BCUT2D eigenvalue weighted by Crippen LogP contribution is 2.34. The molecule has 2 aliphatic rings. The number of carbonyl (C=O) groups is 1. The van der Waals surface area contributed by atoms with Gasteiger partial charge in [-0.1, -0.05) is 23.7 Å². The molecule has 9 nitrogen and oxygen atoms in total. The molecule has 1 aliphatic carbocycles. The molecule has 1 saturated heterocycles. The van der Waals surface area contributed by atoms with Crippen LogP contribution < -0.4 is 16.0 Å². The summed E-state index contributed by atoms with van der Waals surface area (Å²) in [6.07, 6.45) is 2.05. The number of nitrogens with one attached hydrogen (secondary N) is 1. The number of carbonyl (C=O) groups excluding carboxylic acids is 1. The second kappa shape index (κ2) is 8.62. The number of piperazine rings is 1. The van der Waals surface area contributed by atoms with E-state index in [9.17, 15) is 4.79 Å². The van der Waals surface area contributed by atoms with Gasteiger partial charge in [0, 0.05) is 43.0 Å². The minimum absolute atomic E-state index is 0.150. The Bertz CT molecular complexity index is 1190. The normalized spacial score (nSPS) is 17.3. The lowest BCUT2D eigenvalue weighted by Crippen LogP contribution is -2.49. The summed E-state index contributed by atoms with van der Waals surface area (Å²) >= 11 is 6.48. The number of anilines is 3. The first-order valence-corrected chi connectivity index (χ1v) is 11.6. The number of amides is 1. The van der Waals surface area contributed by atoms with Gasteiger partial charge in [-0.2, -0.15) is 15.0 Å². The number of nitrogens with two attached hydrogens (primary N) is 1. The van der Waals surface area contributed by atoms with E-state index in [2.05, 4.69) is 31.2 Å². The molecule has 3 heterocycles. The van der Waals surface area contributed by atoms with Gasteiger partial charge in [-0.05, 0) is 38.8 Å². The number of benzene rings is 1. The number of hydrogen-bond donors (Lipinski definition) is 2. The minimum Gasteiger partial charge on any atom is -0.368 e. The lowest BCUT2D eigenvalue weighted by atomic mass is 10.0. The van der Waals surface area contributed by atoms with E-state index in [-0.39, 0.29) is 17.9 Å². The maximum Gasteiger partial charge on any atom is 0.228 e. The first-order chi connectivity index (χ1) is 15.9. The smallest absolute Gasteiger partial charge is 0.228 e. The number of nitrogens with zero attached hydrogens (tertiary/aromatic N) is 6. The van der Waals surface area contributed by atoms with Crippen molar-refractivity contribution < 1.29 is 4.79 Å². The van der Waals surface area contributed by atoms with Crippen LogP contribution in [0.25, 0.3) is 10.9 Å². The Kier molecular flexibility index (Phi) is 5.65. The standard InChI is InChI=1S/C23H27ClN8O/c1-13(26-23-28-14(2)27-22(25)30-23)17-12-16-4-3-5-18(24)19(16)29-20(17)31-8-10-32(11-9-31)21(33)15-6-7-15/h3-5,12-13,15H,6-11H2,1-2H3,(H3,25,26,27,28,30). The molecule has 10 heteroatoms. The predicted octanol–water partition coefficient (Wildman–Crippen LogP) is 3.20. The number of para-hydroxylation sites is 1. The third-order valence-corrected chi connectivity index (χ3v) is 6.50. The molecule has 0 bridgehead atoms. The van der Waals surface area contributed by atoms with Gasteiger partial charge in [0.2, 0.25) is 17.8 Å². The van der Waals surface area contributed by atoms with Gasteiger partial charge in [0.1, 0.15) is 11.6 Å². The van der Waals surface area contributed by atoms with E-state index in [0.717, 1.165) is 48.2 Å². The Morgan fingerprint density at radius 1 is 1.15 bits per heavy atom. The highest BCUT2D eigenvalue weighted by atomic mass is 35.5. The van der Waals surface area contributed by atoms with E-state index in [1.54, 1.807) is 6.92 Å². The van der Waals surface area contributed by atoms with Crippen LogP contribution in [-0.4, -0.2) is 56.9 Å². The fourth-order valence-electron chi connectivity index (χ4n) is 4.31. The zero-order chi connectivity index (χ0) is 23.1. The Labute approximate surface area is 197 Å². The van der Waals surface area contributed by atoms with Crippen molar-refractivity contribution in [3.8, 4) is 0 Å². The van der Waals surface area contributed by atoms with Gasteiger partial charge in [-0.3, -0.25) is 4.79 Å². The van der Waals surface area contributed by atoms with E-state index in [0.29, 0.717) is 35.8 Å². The van der Waals surface area contributed by atoms with Crippen LogP contribution in [0.5, 0.6) is 0 Å². The molecular formula is C23H27ClN8O. The van der Waals surface area contributed by atoms with Crippen LogP contribution >= 0.6 is 11.6 Å². The van der Waals surface area contributed by atoms with Crippen LogP contribution in [0.4, 0.5) is 17.7 Å². The Balaban J connectivity index is 1.46. The van der Waals surface area contributed by atoms with Crippen molar-refractivity contribution in [2.75, 3.05) is 42.1 Å².